The molecule has 1 saturated heterocycles. The molecule has 1 aliphatic rings. The van der Waals surface area contributed by atoms with Crippen LogP contribution in [0, 0.1) is 5.92 Å². The van der Waals surface area contributed by atoms with Gasteiger partial charge in [-0.25, -0.2) is 0 Å². The van der Waals surface area contributed by atoms with E-state index in [9.17, 15) is 0 Å². The van der Waals surface area contributed by atoms with Crippen molar-refractivity contribution in [1.82, 2.24) is 0 Å². The molecule has 0 aromatic heterocycles. The van der Waals surface area contributed by atoms with E-state index in [0.29, 0.717) is 11.8 Å². The van der Waals surface area contributed by atoms with Crippen molar-refractivity contribution in [2.75, 3.05) is 19.7 Å². The molecule has 1 heterocycles. The summed E-state index contributed by atoms with van der Waals surface area (Å²) in [5.74, 6) is 1.35. The molecular formula is C25H36NO+. The molecule has 0 bridgehead atoms. The first-order chi connectivity index (χ1) is 13.1. The Balaban J connectivity index is 1.69. The van der Waals surface area contributed by atoms with Crippen molar-refractivity contribution >= 4 is 0 Å². The van der Waals surface area contributed by atoms with Crippen LogP contribution in [0.3, 0.4) is 0 Å². The largest absolute Gasteiger partial charge is 0.376 e. The molecule has 2 heteroatoms. The second kappa shape index (κ2) is 9.52. The van der Waals surface area contributed by atoms with Crippen LogP contribution in [0.5, 0.6) is 0 Å². The summed E-state index contributed by atoms with van der Waals surface area (Å²) in [5, 5.41) is 0. The molecule has 2 nitrogen and oxygen atoms in total. The summed E-state index contributed by atoms with van der Waals surface area (Å²) in [4.78, 5) is 1.67. The third-order valence-corrected chi connectivity index (χ3v) is 6.14. The molecule has 0 radical (unpaired) electrons. The molecule has 146 valence electrons. The number of benzene rings is 2. The molecule has 2 aromatic rings. The summed E-state index contributed by atoms with van der Waals surface area (Å²) < 4.78 is 6.00. The molecule has 2 aromatic carbocycles. The van der Waals surface area contributed by atoms with Gasteiger partial charge in [-0.2, -0.15) is 0 Å². The highest BCUT2D eigenvalue weighted by molar-refractivity contribution is 5.21. The smallest absolute Gasteiger partial charge is 0.103 e. The maximum atomic E-state index is 6.00. The molecule has 27 heavy (non-hydrogen) atoms. The molecule has 1 unspecified atom stereocenters. The average molecular weight is 367 g/mol. The molecule has 1 aliphatic heterocycles. The maximum Gasteiger partial charge on any atom is 0.103 e. The quantitative estimate of drug-likeness (QED) is 0.728. The van der Waals surface area contributed by atoms with Crippen LogP contribution in [0.2, 0.25) is 0 Å². The minimum Gasteiger partial charge on any atom is -0.376 e. The Bertz CT molecular complexity index is 667. The number of hydrogen-bond acceptors (Lipinski definition) is 1. The third kappa shape index (κ3) is 5.92. The summed E-state index contributed by atoms with van der Waals surface area (Å²) in [5.41, 5.74) is 2.96. The highest BCUT2D eigenvalue weighted by atomic mass is 16.5. The summed E-state index contributed by atoms with van der Waals surface area (Å²) in [6.45, 7) is 11.2. The molecule has 1 N–H and O–H groups in total. The Morgan fingerprint density at radius 3 is 2.33 bits per heavy atom. The number of rotatable bonds is 8. The van der Waals surface area contributed by atoms with Crippen LogP contribution >= 0.6 is 0 Å². The zero-order chi connectivity index (χ0) is 19.1. The number of ether oxygens (including phenoxy) is 1. The van der Waals surface area contributed by atoms with E-state index in [1.165, 1.54) is 37.1 Å². The van der Waals surface area contributed by atoms with E-state index in [-0.39, 0.29) is 5.60 Å². The first kappa shape index (κ1) is 20.1. The van der Waals surface area contributed by atoms with E-state index < -0.39 is 0 Å². The van der Waals surface area contributed by atoms with Gasteiger partial charge in [0.2, 0.25) is 0 Å². The standard InChI is InChI=1S/C25H35NO/c1-4-26(20-21-11-7-5-8-12-21)17-15-24(22-13-9-6-10-14-22)23-16-18-27-25(2,3)19-23/h5-14,23-24H,4,15-20H2,1-3H3/p+1/t23-,24+/m1/s1. The zero-order valence-corrected chi connectivity index (χ0v) is 17.3. The summed E-state index contributed by atoms with van der Waals surface area (Å²) in [7, 11) is 0. The molecule has 0 aliphatic carbocycles. The first-order valence-electron chi connectivity index (χ1n) is 10.6. The molecule has 0 spiro atoms. The monoisotopic (exact) mass is 366 g/mol. The molecular weight excluding hydrogens is 330 g/mol. The maximum absolute atomic E-state index is 6.00. The minimum absolute atomic E-state index is 0.0112. The van der Waals surface area contributed by atoms with Gasteiger partial charge in [0.1, 0.15) is 6.54 Å². The second-order valence-corrected chi connectivity index (χ2v) is 8.68. The molecule has 0 amide bonds. The van der Waals surface area contributed by atoms with E-state index in [4.69, 9.17) is 4.74 Å². The average Bonchev–Trinajstić information content (AvgIpc) is 2.68. The van der Waals surface area contributed by atoms with Crippen molar-refractivity contribution < 1.29 is 9.64 Å². The van der Waals surface area contributed by atoms with Crippen LogP contribution in [0.25, 0.3) is 0 Å². The van der Waals surface area contributed by atoms with Crippen molar-refractivity contribution in [1.29, 1.82) is 0 Å². The van der Waals surface area contributed by atoms with Gasteiger partial charge >= 0.3 is 0 Å². The zero-order valence-electron chi connectivity index (χ0n) is 17.3. The molecule has 0 saturated carbocycles. The SMILES string of the molecule is CC[NH+](CC[C@@H](c1ccccc1)[C@@H]1CCOC(C)(C)C1)Cc1ccccc1. The van der Waals surface area contributed by atoms with Crippen LogP contribution in [-0.4, -0.2) is 25.3 Å². The van der Waals surface area contributed by atoms with Crippen LogP contribution < -0.4 is 4.90 Å². The van der Waals surface area contributed by atoms with Gasteiger partial charge in [-0.15, -0.1) is 0 Å². The molecule has 1 fully saturated rings. The second-order valence-electron chi connectivity index (χ2n) is 8.68. The third-order valence-electron chi connectivity index (χ3n) is 6.14. The molecule has 3 rings (SSSR count). The van der Waals surface area contributed by atoms with Gasteiger partial charge in [-0.3, -0.25) is 0 Å². The van der Waals surface area contributed by atoms with Gasteiger partial charge in [-0.1, -0.05) is 60.7 Å². The Morgan fingerprint density at radius 1 is 1.04 bits per heavy atom. The summed E-state index contributed by atoms with van der Waals surface area (Å²) in [6.07, 6.45) is 3.59. The van der Waals surface area contributed by atoms with Gasteiger partial charge in [0, 0.05) is 18.6 Å². The van der Waals surface area contributed by atoms with Crippen molar-refractivity contribution in [3.05, 3.63) is 71.8 Å². The first-order valence-corrected chi connectivity index (χ1v) is 10.6. The number of nitrogens with one attached hydrogen (secondary N) is 1. The fraction of sp³-hybridized carbons (Fsp3) is 0.520. The van der Waals surface area contributed by atoms with Gasteiger partial charge in [0.05, 0.1) is 18.7 Å². The van der Waals surface area contributed by atoms with Crippen molar-refractivity contribution in [2.45, 2.75) is 58.1 Å². The van der Waals surface area contributed by atoms with Crippen LogP contribution in [0.15, 0.2) is 60.7 Å². The van der Waals surface area contributed by atoms with Crippen molar-refractivity contribution in [3.63, 3.8) is 0 Å². The van der Waals surface area contributed by atoms with Crippen molar-refractivity contribution in [3.8, 4) is 0 Å². The Hall–Kier alpha value is -1.64. The summed E-state index contributed by atoms with van der Waals surface area (Å²) >= 11 is 0. The van der Waals surface area contributed by atoms with Gasteiger partial charge in [-0.05, 0) is 51.0 Å². The van der Waals surface area contributed by atoms with Gasteiger partial charge in [0.15, 0.2) is 0 Å². The van der Waals surface area contributed by atoms with E-state index in [1.54, 1.807) is 4.90 Å². The lowest BCUT2D eigenvalue weighted by Gasteiger charge is -2.39. The number of quaternary nitrogens is 1. The normalized spacial score (nSPS) is 21.5. The predicted molar refractivity (Wildman–Crippen MR) is 113 cm³/mol. The fourth-order valence-electron chi connectivity index (χ4n) is 4.63. The van der Waals surface area contributed by atoms with E-state index >= 15 is 0 Å². The van der Waals surface area contributed by atoms with E-state index in [1.807, 2.05) is 0 Å². The molecule has 3 atom stereocenters. The van der Waals surface area contributed by atoms with Crippen LogP contribution in [0.4, 0.5) is 0 Å². The number of hydrogen-bond donors (Lipinski definition) is 1. The van der Waals surface area contributed by atoms with Gasteiger partial charge in [0.25, 0.3) is 0 Å². The van der Waals surface area contributed by atoms with Gasteiger partial charge < -0.3 is 9.64 Å². The topological polar surface area (TPSA) is 13.7 Å². The summed E-state index contributed by atoms with van der Waals surface area (Å²) in [6, 6.07) is 22.1. The Kier molecular flexibility index (Phi) is 7.09. The fourth-order valence-corrected chi connectivity index (χ4v) is 4.63. The van der Waals surface area contributed by atoms with E-state index in [0.717, 1.165) is 19.6 Å². The lowest BCUT2D eigenvalue weighted by Crippen LogP contribution is -3.10. The predicted octanol–water partition coefficient (Wildman–Crippen LogP) is 4.47. The Labute approximate surface area is 165 Å². The highest BCUT2D eigenvalue weighted by Crippen LogP contribution is 2.39. The lowest BCUT2D eigenvalue weighted by molar-refractivity contribution is -0.912. The highest BCUT2D eigenvalue weighted by Gasteiger charge is 2.34. The van der Waals surface area contributed by atoms with E-state index in [2.05, 4.69) is 81.4 Å². The Morgan fingerprint density at radius 2 is 1.70 bits per heavy atom. The lowest BCUT2D eigenvalue weighted by atomic mass is 9.75. The van der Waals surface area contributed by atoms with Crippen LogP contribution in [0.1, 0.15) is 57.1 Å². The van der Waals surface area contributed by atoms with Crippen LogP contribution in [-0.2, 0) is 11.3 Å². The van der Waals surface area contributed by atoms with Crippen molar-refractivity contribution in [2.24, 2.45) is 5.92 Å². The minimum atomic E-state index is 0.0112.